The van der Waals surface area contributed by atoms with Crippen LogP contribution >= 0.6 is 0 Å². The number of nitrogens with two attached hydrogens (primary N) is 2. The van der Waals surface area contributed by atoms with Crippen molar-refractivity contribution in [3.05, 3.63) is 22.4 Å². The number of piperidine rings is 1. The predicted molar refractivity (Wildman–Crippen MR) is 79.8 cm³/mol. The lowest BCUT2D eigenvalue weighted by molar-refractivity contribution is 0.218. The van der Waals surface area contributed by atoms with Crippen molar-refractivity contribution in [2.24, 2.45) is 5.73 Å². The fourth-order valence-corrected chi connectivity index (χ4v) is 2.36. The van der Waals surface area contributed by atoms with Gasteiger partial charge in [-0.15, -0.1) is 0 Å². The summed E-state index contributed by atoms with van der Waals surface area (Å²) in [6.07, 6.45) is 4.99. The SMILES string of the molecule is CC.CN1CCC(n2c(/C=C\N)c(N)[nH]c2=O)CC1. The van der Waals surface area contributed by atoms with Gasteiger partial charge in [-0.3, -0.25) is 9.55 Å². The molecular formula is C13H25N5O. The van der Waals surface area contributed by atoms with Crippen molar-refractivity contribution < 1.29 is 0 Å². The highest BCUT2D eigenvalue weighted by Crippen LogP contribution is 2.23. The summed E-state index contributed by atoms with van der Waals surface area (Å²) in [5, 5.41) is 0. The Kier molecular flexibility index (Phi) is 5.69. The van der Waals surface area contributed by atoms with Gasteiger partial charge in [0.2, 0.25) is 0 Å². The first-order valence-corrected chi connectivity index (χ1v) is 6.80. The molecule has 1 aromatic rings. The molecule has 1 aliphatic heterocycles. The third-order valence-corrected chi connectivity index (χ3v) is 3.30. The Hall–Kier alpha value is -1.69. The molecule has 0 atom stereocenters. The number of aromatic nitrogens is 2. The molecule has 0 radical (unpaired) electrons. The molecule has 5 N–H and O–H groups in total. The summed E-state index contributed by atoms with van der Waals surface area (Å²) in [6, 6.07) is 0.207. The summed E-state index contributed by atoms with van der Waals surface area (Å²) < 4.78 is 1.73. The quantitative estimate of drug-likeness (QED) is 0.744. The van der Waals surface area contributed by atoms with Gasteiger partial charge in [-0.2, -0.15) is 0 Å². The van der Waals surface area contributed by atoms with Gasteiger partial charge in [0.05, 0.1) is 5.69 Å². The molecule has 108 valence electrons. The van der Waals surface area contributed by atoms with E-state index in [0.717, 1.165) is 25.9 Å². The van der Waals surface area contributed by atoms with Gasteiger partial charge in [0.25, 0.3) is 0 Å². The maximum Gasteiger partial charge on any atom is 0.327 e. The minimum Gasteiger partial charge on any atom is -0.405 e. The predicted octanol–water partition coefficient (Wildman–Crippen LogP) is 0.981. The molecule has 0 aliphatic carbocycles. The fraction of sp³-hybridized carbons (Fsp3) is 0.615. The Balaban J connectivity index is 0.000000861. The van der Waals surface area contributed by atoms with Crippen LogP contribution in [0.25, 0.3) is 6.08 Å². The van der Waals surface area contributed by atoms with Crippen LogP contribution in [-0.4, -0.2) is 34.6 Å². The molecule has 6 heteroatoms. The van der Waals surface area contributed by atoms with Gasteiger partial charge in [-0.05, 0) is 45.3 Å². The highest BCUT2D eigenvalue weighted by atomic mass is 16.1. The molecule has 1 fully saturated rings. The van der Waals surface area contributed by atoms with Crippen LogP contribution in [0.1, 0.15) is 38.4 Å². The van der Waals surface area contributed by atoms with E-state index in [1.807, 2.05) is 13.8 Å². The molecule has 1 aromatic heterocycles. The van der Waals surface area contributed by atoms with Crippen molar-refractivity contribution in [2.45, 2.75) is 32.7 Å². The average molecular weight is 267 g/mol. The molecule has 0 unspecified atom stereocenters. The number of nitrogen functional groups attached to an aromatic ring is 1. The van der Waals surface area contributed by atoms with E-state index in [9.17, 15) is 4.79 Å². The monoisotopic (exact) mass is 267 g/mol. The average Bonchev–Trinajstić information content (AvgIpc) is 2.69. The van der Waals surface area contributed by atoms with E-state index in [1.54, 1.807) is 10.6 Å². The van der Waals surface area contributed by atoms with E-state index < -0.39 is 0 Å². The van der Waals surface area contributed by atoms with Crippen molar-refractivity contribution in [1.29, 1.82) is 0 Å². The zero-order chi connectivity index (χ0) is 14.4. The van der Waals surface area contributed by atoms with Crippen LogP contribution in [0.3, 0.4) is 0 Å². The summed E-state index contributed by atoms with van der Waals surface area (Å²) in [5.41, 5.74) is 11.7. The van der Waals surface area contributed by atoms with Crippen LogP contribution in [0.5, 0.6) is 0 Å². The molecule has 19 heavy (non-hydrogen) atoms. The molecular weight excluding hydrogens is 242 g/mol. The van der Waals surface area contributed by atoms with Crippen molar-refractivity contribution in [3.63, 3.8) is 0 Å². The highest BCUT2D eigenvalue weighted by molar-refractivity contribution is 5.57. The van der Waals surface area contributed by atoms with Crippen LogP contribution in [0.4, 0.5) is 5.82 Å². The van der Waals surface area contributed by atoms with Gasteiger partial charge in [-0.25, -0.2) is 4.79 Å². The number of anilines is 1. The summed E-state index contributed by atoms with van der Waals surface area (Å²) in [5.74, 6) is 0.385. The number of aromatic amines is 1. The van der Waals surface area contributed by atoms with Crippen molar-refractivity contribution in [3.8, 4) is 0 Å². The first-order valence-electron chi connectivity index (χ1n) is 6.80. The van der Waals surface area contributed by atoms with Gasteiger partial charge in [0, 0.05) is 6.04 Å². The molecule has 2 heterocycles. The van der Waals surface area contributed by atoms with E-state index in [4.69, 9.17) is 11.5 Å². The highest BCUT2D eigenvalue weighted by Gasteiger charge is 2.22. The number of hydrogen-bond acceptors (Lipinski definition) is 4. The second kappa shape index (κ2) is 7.04. The second-order valence-corrected chi connectivity index (χ2v) is 4.49. The Bertz CT molecular complexity index is 466. The number of hydrogen-bond donors (Lipinski definition) is 3. The second-order valence-electron chi connectivity index (χ2n) is 4.49. The van der Waals surface area contributed by atoms with Gasteiger partial charge in [-0.1, -0.05) is 13.8 Å². The van der Waals surface area contributed by atoms with Crippen molar-refractivity contribution in [1.82, 2.24) is 14.5 Å². The topological polar surface area (TPSA) is 93.1 Å². The van der Waals surface area contributed by atoms with E-state index in [0.29, 0.717) is 11.5 Å². The number of nitrogens with zero attached hydrogens (tertiary/aromatic N) is 2. The van der Waals surface area contributed by atoms with E-state index in [2.05, 4.69) is 16.9 Å². The molecule has 1 saturated heterocycles. The zero-order valence-electron chi connectivity index (χ0n) is 12.0. The van der Waals surface area contributed by atoms with Crippen molar-refractivity contribution >= 4 is 11.9 Å². The third kappa shape index (κ3) is 3.41. The summed E-state index contributed by atoms with van der Waals surface area (Å²) >= 11 is 0. The van der Waals surface area contributed by atoms with Crippen LogP contribution in [0.15, 0.2) is 11.0 Å². The standard InChI is InChI=1S/C11H19N5O.C2H6/c1-15-6-3-8(4-7-15)16-9(2-5-12)10(13)14-11(16)17;1-2/h2,5,8H,3-4,6-7,12-13H2,1H3,(H,14,17);1-2H3/b5-2-;. The first kappa shape index (κ1) is 15.4. The maximum atomic E-state index is 11.9. The zero-order valence-corrected chi connectivity index (χ0v) is 12.0. The van der Waals surface area contributed by atoms with Gasteiger partial charge in [0.1, 0.15) is 5.82 Å². The minimum atomic E-state index is -0.148. The van der Waals surface area contributed by atoms with E-state index >= 15 is 0 Å². The molecule has 0 saturated carbocycles. The molecule has 6 nitrogen and oxygen atoms in total. The lowest BCUT2D eigenvalue weighted by Crippen LogP contribution is -2.35. The molecule has 0 spiro atoms. The van der Waals surface area contributed by atoms with Gasteiger partial charge >= 0.3 is 5.69 Å². The third-order valence-electron chi connectivity index (χ3n) is 3.30. The molecule has 1 aliphatic rings. The summed E-state index contributed by atoms with van der Waals surface area (Å²) in [7, 11) is 2.09. The van der Waals surface area contributed by atoms with Gasteiger partial charge < -0.3 is 16.4 Å². The molecule has 0 bridgehead atoms. The van der Waals surface area contributed by atoms with Crippen LogP contribution in [0, 0.1) is 0 Å². The fourth-order valence-electron chi connectivity index (χ4n) is 2.36. The normalized spacial score (nSPS) is 17.4. The number of nitrogens with one attached hydrogen (secondary N) is 1. The lowest BCUT2D eigenvalue weighted by atomic mass is 10.1. The van der Waals surface area contributed by atoms with Crippen LogP contribution < -0.4 is 17.2 Å². The smallest absolute Gasteiger partial charge is 0.327 e. The Morgan fingerprint density at radius 3 is 2.42 bits per heavy atom. The number of likely N-dealkylation sites (tertiary alicyclic amines) is 1. The lowest BCUT2D eigenvalue weighted by Gasteiger charge is -2.29. The summed E-state index contributed by atoms with van der Waals surface area (Å²) in [6.45, 7) is 5.99. The van der Waals surface area contributed by atoms with Gasteiger partial charge in [0.15, 0.2) is 0 Å². The Morgan fingerprint density at radius 1 is 1.32 bits per heavy atom. The van der Waals surface area contributed by atoms with Crippen molar-refractivity contribution in [2.75, 3.05) is 25.9 Å². The van der Waals surface area contributed by atoms with E-state index in [-0.39, 0.29) is 11.7 Å². The molecule has 0 aromatic carbocycles. The first-order chi connectivity index (χ1) is 9.13. The maximum absolute atomic E-state index is 11.9. The van der Waals surface area contributed by atoms with E-state index in [1.165, 1.54) is 6.20 Å². The van der Waals surface area contributed by atoms with Crippen LogP contribution in [0.2, 0.25) is 0 Å². The number of imidazole rings is 1. The number of H-pyrrole nitrogens is 1. The number of rotatable bonds is 2. The molecule has 0 amide bonds. The largest absolute Gasteiger partial charge is 0.405 e. The minimum absolute atomic E-state index is 0.148. The Labute approximate surface area is 114 Å². The molecule has 2 rings (SSSR count). The Morgan fingerprint density at radius 2 is 1.89 bits per heavy atom. The summed E-state index contributed by atoms with van der Waals surface area (Å²) in [4.78, 5) is 16.7. The van der Waals surface area contributed by atoms with Crippen LogP contribution in [-0.2, 0) is 0 Å².